The van der Waals surface area contributed by atoms with E-state index in [9.17, 15) is 19.0 Å². The standard InChI is InChI=1S/C42H84NO8P/c1-8-38(3)30-26-22-18-14-10-12-16-20-24-28-32-41(44)48-36-40(37-50-52(46,47)49-35-34-43(5,6)7)51-42(45)33-29-25-21-17-13-11-15-19-23-27-31-39(4)9-2/h38-40H,8-37H2,1-7H3. The van der Waals surface area contributed by atoms with Crippen molar-refractivity contribution in [3.05, 3.63) is 0 Å². The summed E-state index contributed by atoms with van der Waals surface area (Å²) in [6, 6.07) is 0. The molecule has 0 aromatic heterocycles. The monoisotopic (exact) mass is 762 g/mol. The first-order chi connectivity index (χ1) is 24.8. The zero-order chi connectivity index (χ0) is 38.9. The smallest absolute Gasteiger partial charge is 0.306 e. The molecule has 0 bridgehead atoms. The van der Waals surface area contributed by atoms with Crippen molar-refractivity contribution in [3.63, 3.8) is 0 Å². The Hall–Kier alpha value is -0.990. The topological polar surface area (TPSA) is 111 Å². The van der Waals surface area contributed by atoms with E-state index in [1.165, 1.54) is 116 Å². The molecule has 0 heterocycles. The third-order valence-corrected chi connectivity index (χ3v) is 11.2. The number of hydrogen-bond acceptors (Lipinski definition) is 8. The minimum Gasteiger partial charge on any atom is -0.756 e. The lowest BCUT2D eigenvalue weighted by atomic mass is 9.99. The van der Waals surface area contributed by atoms with Crippen molar-refractivity contribution < 1.29 is 42.1 Å². The van der Waals surface area contributed by atoms with E-state index < -0.39 is 26.5 Å². The number of hydrogen-bond donors (Lipinski definition) is 0. The molecule has 4 atom stereocenters. The van der Waals surface area contributed by atoms with E-state index in [-0.39, 0.29) is 32.0 Å². The largest absolute Gasteiger partial charge is 0.756 e. The van der Waals surface area contributed by atoms with Crippen LogP contribution in [0.15, 0.2) is 0 Å². The second kappa shape index (κ2) is 33.4. The number of quaternary nitrogens is 1. The molecule has 52 heavy (non-hydrogen) atoms. The molecular weight excluding hydrogens is 677 g/mol. The lowest BCUT2D eigenvalue weighted by molar-refractivity contribution is -0.870. The van der Waals surface area contributed by atoms with Gasteiger partial charge in [0.1, 0.15) is 19.8 Å². The van der Waals surface area contributed by atoms with Gasteiger partial charge in [0, 0.05) is 12.8 Å². The second-order valence-corrected chi connectivity index (χ2v) is 18.0. The van der Waals surface area contributed by atoms with Gasteiger partial charge < -0.3 is 27.9 Å². The third kappa shape index (κ3) is 36.0. The zero-order valence-electron chi connectivity index (χ0n) is 35.1. The minimum absolute atomic E-state index is 0.0272. The molecule has 4 unspecified atom stereocenters. The molecule has 0 fully saturated rings. The fraction of sp³-hybridized carbons (Fsp3) is 0.952. The van der Waals surface area contributed by atoms with Gasteiger partial charge >= 0.3 is 11.9 Å². The van der Waals surface area contributed by atoms with Crippen LogP contribution in [0.3, 0.4) is 0 Å². The van der Waals surface area contributed by atoms with E-state index in [1.807, 2.05) is 21.1 Å². The lowest BCUT2D eigenvalue weighted by Crippen LogP contribution is -2.37. The van der Waals surface area contributed by atoms with Crippen LogP contribution < -0.4 is 4.89 Å². The van der Waals surface area contributed by atoms with Crippen LogP contribution >= 0.6 is 7.82 Å². The molecule has 0 aromatic carbocycles. The summed E-state index contributed by atoms with van der Waals surface area (Å²) in [6.07, 6.45) is 28.3. The van der Waals surface area contributed by atoms with E-state index in [0.29, 0.717) is 17.4 Å². The predicted octanol–water partition coefficient (Wildman–Crippen LogP) is 11.1. The molecule has 10 heteroatoms. The number of likely N-dealkylation sites (N-methyl/N-ethyl adjacent to an activating group) is 1. The molecule has 310 valence electrons. The van der Waals surface area contributed by atoms with Gasteiger partial charge in [-0.25, -0.2) is 0 Å². The quantitative estimate of drug-likeness (QED) is 0.0265. The van der Waals surface area contributed by atoms with Crippen LogP contribution in [-0.4, -0.2) is 70.0 Å². The maximum absolute atomic E-state index is 12.6. The van der Waals surface area contributed by atoms with E-state index >= 15 is 0 Å². The fourth-order valence-electron chi connectivity index (χ4n) is 6.02. The highest BCUT2D eigenvalue weighted by Crippen LogP contribution is 2.38. The van der Waals surface area contributed by atoms with E-state index in [1.54, 1.807) is 0 Å². The van der Waals surface area contributed by atoms with Crippen molar-refractivity contribution in [2.75, 3.05) is 47.5 Å². The van der Waals surface area contributed by atoms with Crippen LogP contribution in [0.25, 0.3) is 0 Å². The van der Waals surface area contributed by atoms with E-state index in [4.69, 9.17) is 18.5 Å². The summed E-state index contributed by atoms with van der Waals surface area (Å²) in [7, 11) is 1.18. The Bertz CT molecular complexity index is 896. The van der Waals surface area contributed by atoms with Crippen LogP contribution in [0.1, 0.15) is 195 Å². The number of phosphoric acid groups is 1. The summed E-state index contributed by atoms with van der Waals surface area (Å²) in [6.45, 7) is 8.95. The summed E-state index contributed by atoms with van der Waals surface area (Å²) in [5.41, 5.74) is 0. The number of esters is 2. The Balaban J connectivity index is 4.37. The number of rotatable bonds is 38. The number of unbranched alkanes of at least 4 members (excludes halogenated alkanes) is 18. The molecule has 0 aliphatic carbocycles. The molecule has 0 saturated carbocycles. The van der Waals surface area contributed by atoms with Gasteiger partial charge in [-0.05, 0) is 24.7 Å². The highest BCUT2D eigenvalue weighted by atomic mass is 31.2. The molecule has 0 aromatic rings. The average Bonchev–Trinajstić information content (AvgIpc) is 3.09. The summed E-state index contributed by atoms with van der Waals surface area (Å²) in [4.78, 5) is 37.5. The van der Waals surface area contributed by atoms with Crippen LogP contribution in [0.4, 0.5) is 0 Å². The molecule has 9 nitrogen and oxygen atoms in total. The number of ether oxygens (including phenoxy) is 2. The van der Waals surface area contributed by atoms with Gasteiger partial charge in [0.2, 0.25) is 0 Å². The van der Waals surface area contributed by atoms with Gasteiger partial charge in [-0.2, -0.15) is 0 Å². The predicted molar refractivity (Wildman–Crippen MR) is 213 cm³/mol. The SMILES string of the molecule is CCC(C)CCCCCCCCCCCCC(=O)OCC(COP(=O)([O-])OCC[N+](C)(C)C)OC(=O)CCCCCCCCCCCCC(C)CC. The van der Waals surface area contributed by atoms with E-state index in [0.717, 1.165) is 43.9 Å². The summed E-state index contributed by atoms with van der Waals surface area (Å²) >= 11 is 0. The highest BCUT2D eigenvalue weighted by molar-refractivity contribution is 7.45. The Morgan fingerprint density at radius 1 is 0.577 bits per heavy atom. The number of nitrogens with zero attached hydrogens (tertiary/aromatic N) is 1. The molecule has 0 N–H and O–H groups in total. The van der Waals surface area contributed by atoms with Crippen molar-refractivity contribution >= 4 is 19.8 Å². The molecular formula is C42H84NO8P. The number of carbonyl (C=O) groups is 2. The zero-order valence-corrected chi connectivity index (χ0v) is 36.0. The van der Waals surface area contributed by atoms with Crippen molar-refractivity contribution in [2.45, 2.75) is 201 Å². The lowest BCUT2D eigenvalue weighted by Gasteiger charge is -2.28. The van der Waals surface area contributed by atoms with Crippen molar-refractivity contribution in [2.24, 2.45) is 11.8 Å². The molecule has 0 saturated heterocycles. The van der Waals surface area contributed by atoms with Crippen LogP contribution in [0.2, 0.25) is 0 Å². The van der Waals surface area contributed by atoms with Crippen molar-refractivity contribution in [1.29, 1.82) is 0 Å². The first-order valence-corrected chi connectivity index (χ1v) is 23.0. The van der Waals surface area contributed by atoms with Gasteiger partial charge in [-0.1, -0.05) is 169 Å². The number of carbonyl (C=O) groups excluding carboxylic acids is 2. The van der Waals surface area contributed by atoms with Gasteiger partial charge in [0.15, 0.2) is 6.10 Å². The molecule has 0 rings (SSSR count). The highest BCUT2D eigenvalue weighted by Gasteiger charge is 2.21. The molecule has 0 radical (unpaired) electrons. The van der Waals surface area contributed by atoms with Crippen molar-refractivity contribution in [3.8, 4) is 0 Å². The first-order valence-electron chi connectivity index (χ1n) is 21.5. The normalized spacial score (nSPS) is 14.8. The van der Waals surface area contributed by atoms with Crippen LogP contribution in [-0.2, 0) is 32.7 Å². The van der Waals surface area contributed by atoms with E-state index in [2.05, 4.69) is 27.7 Å². The average molecular weight is 762 g/mol. The van der Waals surface area contributed by atoms with Crippen molar-refractivity contribution in [1.82, 2.24) is 0 Å². The summed E-state index contributed by atoms with van der Waals surface area (Å²) in [5.74, 6) is 0.875. The Labute approximate surface area is 321 Å². The van der Waals surface area contributed by atoms with Gasteiger partial charge in [0.25, 0.3) is 7.82 Å². The summed E-state index contributed by atoms with van der Waals surface area (Å²) < 4.78 is 33.9. The summed E-state index contributed by atoms with van der Waals surface area (Å²) in [5, 5.41) is 0. The minimum atomic E-state index is -4.61. The molecule has 0 amide bonds. The van der Waals surface area contributed by atoms with Crippen LogP contribution in [0, 0.1) is 11.8 Å². The second-order valence-electron chi connectivity index (χ2n) is 16.6. The third-order valence-electron chi connectivity index (χ3n) is 10.2. The Kier molecular flexibility index (Phi) is 32.7. The Morgan fingerprint density at radius 2 is 0.962 bits per heavy atom. The number of phosphoric ester groups is 1. The maximum atomic E-state index is 12.6. The van der Waals surface area contributed by atoms with Gasteiger partial charge in [-0.3, -0.25) is 14.2 Å². The Morgan fingerprint density at radius 3 is 1.37 bits per heavy atom. The molecule has 0 aliphatic heterocycles. The fourth-order valence-corrected chi connectivity index (χ4v) is 6.75. The first kappa shape index (κ1) is 51.0. The maximum Gasteiger partial charge on any atom is 0.306 e. The molecule has 0 spiro atoms. The molecule has 0 aliphatic rings. The van der Waals surface area contributed by atoms with Gasteiger partial charge in [0.05, 0.1) is 27.7 Å². The van der Waals surface area contributed by atoms with Gasteiger partial charge in [-0.15, -0.1) is 0 Å². The van der Waals surface area contributed by atoms with Crippen LogP contribution in [0.5, 0.6) is 0 Å².